The molecular formula is C14H10F3N5O. The quantitative estimate of drug-likeness (QED) is 0.723. The number of anilines is 1. The number of H-pyrrole nitrogens is 1. The van der Waals surface area contributed by atoms with Gasteiger partial charge in [0.25, 0.3) is 0 Å². The summed E-state index contributed by atoms with van der Waals surface area (Å²) in [6.45, 7) is 0. The van der Waals surface area contributed by atoms with E-state index in [1.807, 2.05) is 0 Å². The minimum atomic E-state index is -4.52. The van der Waals surface area contributed by atoms with Gasteiger partial charge in [-0.3, -0.25) is 0 Å². The molecule has 0 saturated carbocycles. The Hall–Kier alpha value is -3.10. The number of rotatable bonds is 3. The third-order valence-electron chi connectivity index (χ3n) is 2.86. The molecule has 6 nitrogen and oxygen atoms in total. The zero-order valence-corrected chi connectivity index (χ0v) is 11.5. The minimum Gasteiger partial charge on any atom is -0.439 e. The van der Waals surface area contributed by atoms with Crippen LogP contribution >= 0.6 is 0 Å². The predicted molar refractivity (Wildman–Crippen MR) is 75.5 cm³/mol. The number of nitrogens with zero attached hydrogens (tertiary/aromatic N) is 3. The number of hydrogen-bond donors (Lipinski definition) is 2. The molecule has 0 radical (unpaired) electrons. The van der Waals surface area contributed by atoms with Crippen LogP contribution in [-0.4, -0.2) is 19.9 Å². The first-order chi connectivity index (χ1) is 10.9. The van der Waals surface area contributed by atoms with Crippen LogP contribution in [0.25, 0.3) is 11.5 Å². The number of nitrogen functional groups attached to an aromatic ring is 1. The van der Waals surface area contributed by atoms with E-state index in [1.54, 1.807) is 24.3 Å². The standard InChI is InChI=1S/C14H10F3N5O/c15-14(16,17)11-6-19-13(22-11)10-5-12(21-7-20-10)23-9-3-1-8(18)2-4-9/h1-7H,18H2,(H,19,22). The SMILES string of the molecule is Nc1ccc(Oc2cc(-c3nc(C(F)(F)F)c[nH]3)ncn2)cc1. The van der Waals surface area contributed by atoms with Crippen molar-refractivity contribution in [1.29, 1.82) is 0 Å². The molecule has 3 aromatic rings. The van der Waals surface area contributed by atoms with Crippen molar-refractivity contribution in [3.63, 3.8) is 0 Å². The zero-order chi connectivity index (χ0) is 16.4. The van der Waals surface area contributed by atoms with E-state index >= 15 is 0 Å². The molecule has 2 aromatic heterocycles. The van der Waals surface area contributed by atoms with Crippen LogP contribution in [0.2, 0.25) is 0 Å². The molecule has 0 fully saturated rings. The second kappa shape index (κ2) is 5.59. The number of halogens is 3. The van der Waals surface area contributed by atoms with Gasteiger partial charge >= 0.3 is 6.18 Å². The Balaban J connectivity index is 1.85. The van der Waals surface area contributed by atoms with Gasteiger partial charge in [-0.2, -0.15) is 13.2 Å². The molecular weight excluding hydrogens is 311 g/mol. The molecule has 0 amide bonds. The summed E-state index contributed by atoms with van der Waals surface area (Å²) >= 11 is 0. The molecule has 0 bridgehead atoms. The van der Waals surface area contributed by atoms with Crippen molar-refractivity contribution in [1.82, 2.24) is 19.9 Å². The molecule has 3 N–H and O–H groups in total. The maximum atomic E-state index is 12.6. The van der Waals surface area contributed by atoms with E-state index in [1.165, 1.54) is 12.4 Å². The summed E-state index contributed by atoms with van der Waals surface area (Å²) < 4.78 is 43.2. The molecule has 0 aliphatic rings. The van der Waals surface area contributed by atoms with Crippen molar-refractivity contribution in [2.75, 3.05) is 5.73 Å². The minimum absolute atomic E-state index is 0.0260. The van der Waals surface area contributed by atoms with E-state index in [4.69, 9.17) is 10.5 Å². The Morgan fingerprint density at radius 2 is 1.83 bits per heavy atom. The van der Waals surface area contributed by atoms with Gasteiger partial charge in [0.1, 0.15) is 17.8 Å². The lowest BCUT2D eigenvalue weighted by atomic mass is 10.3. The lowest BCUT2D eigenvalue weighted by molar-refractivity contribution is -0.140. The van der Waals surface area contributed by atoms with E-state index in [0.29, 0.717) is 11.4 Å². The average molecular weight is 321 g/mol. The fourth-order valence-electron chi connectivity index (χ4n) is 1.78. The van der Waals surface area contributed by atoms with Gasteiger partial charge in [-0.05, 0) is 24.3 Å². The van der Waals surface area contributed by atoms with Gasteiger partial charge in [-0.1, -0.05) is 0 Å². The number of nitrogens with one attached hydrogen (secondary N) is 1. The van der Waals surface area contributed by atoms with Gasteiger partial charge in [0.15, 0.2) is 11.5 Å². The summed E-state index contributed by atoms with van der Waals surface area (Å²) in [6, 6.07) is 7.98. The molecule has 3 rings (SSSR count). The molecule has 0 spiro atoms. The van der Waals surface area contributed by atoms with Crippen molar-refractivity contribution in [3.05, 3.63) is 48.5 Å². The second-order valence-corrected chi connectivity index (χ2v) is 4.54. The van der Waals surface area contributed by atoms with Crippen LogP contribution in [0.4, 0.5) is 18.9 Å². The Bertz CT molecular complexity index is 814. The van der Waals surface area contributed by atoms with Crippen LogP contribution in [0.1, 0.15) is 5.69 Å². The number of nitrogens with two attached hydrogens (primary N) is 1. The summed E-state index contributed by atoms with van der Waals surface area (Å²) in [4.78, 5) is 13.7. The first-order valence-electron chi connectivity index (χ1n) is 6.40. The van der Waals surface area contributed by atoms with E-state index < -0.39 is 11.9 Å². The first-order valence-corrected chi connectivity index (χ1v) is 6.40. The summed E-state index contributed by atoms with van der Waals surface area (Å²) in [5.74, 6) is 0.630. The van der Waals surface area contributed by atoms with E-state index in [9.17, 15) is 13.2 Å². The lowest BCUT2D eigenvalue weighted by Gasteiger charge is -2.05. The summed E-state index contributed by atoms with van der Waals surface area (Å²) in [5.41, 5.74) is 5.31. The van der Waals surface area contributed by atoms with Crippen molar-refractivity contribution < 1.29 is 17.9 Å². The van der Waals surface area contributed by atoms with E-state index in [2.05, 4.69) is 19.9 Å². The van der Waals surface area contributed by atoms with Gasteiger partial charge < -0.3 is 15.5 Å². The molecule has 2 heterocycles. The molecule has 0 saturated heterocycles. The monoisotopic (exact) mass is 321 g/mol. The summed E-state index contributed by atoms with van der Waals surface area (Å²) in [6.07, 6.45) is -2.57. The Kier molecular flexibility index (Phi) is 3.61. The summed E-state index contributed by atoms with van der Waals surface area (Å²) in [7, 11) is 0. The normalized spacial score (nSPS) is 11.4. The molecule has 118 valence electrons. The molecule has 1 aromatic carbocycles. The van der Waals surface area contributed by atoms with Gasteiger partial charge in [0.2, 0.25) is 5.88 Å². The second-order valence-electron chi connectivity index (χ2n) is 4.54. The van der Waals surface area contributed by atoms with Gasteiger partial charge in [-0.15, -0.1) is 0 Å². The van der Waals surface area contributed by atoms with Crippen LogP contribution in [0.15, 0.2) is 42.9 Å². The molecule has 0 unspecified atom stereocenters. The van der Waals surface area contributed by atoms with E-state index in [0.717, 1.165) is 6.20 Å². The first kappa shape index (κ1) is 14.8. The van der Waals surface area contributed by atoms with Crippen LogP contribution in [-0.2, 0) is 6.18 Å². The highest BCUT2D eigenvalue weighted by Gasteiger charge is 2.33. The number of imidazole rings is 1. The van der Waals surface area contributed by atoms with E-state index in [-0.39, 0.29) is 17.4 Å². The number of ether oxygens (including phenoxy) is 1. The highest BCUT2D eigenvalue weighted by molar-refractivity contribution is 5.51. The Morgan fingerprint density at radius 3 is 2.48 bits per heavy atom. The smallest absolute Gasteiger partial charge is 0.434 e. The van der Waals surface area contributed by atoms with Crippen molar-refractivity contribution in [2.45, 2.75) is 6.18 Å². The molecule has 0 atom stereocenters. The largest absolute Gasteiger partial charge is 0.439 e. The lowest BCUT2D eigenvalue weighted by Crippen LogP contribution is -2.04. The number of aromatic nitrogens is 4. The Labute approximate surface area is 128 Å². The third-order valence-corrected chi connectivity index (χ3v) is 2.86. The maximum Gasteiger partial charge on any atom is 0.434 e. The zero-order valence-electron chi connectivity index (χ0n) is 11.5. The number of hydrogen-bond acceptors (Lipinski definition) is 5. The highest BCUT2D eigenvalue weighted by atomic mass is 19.4. The summed E-state index contributed by atoms with van der Waals surface area (Å²) in [5, 5.41) is 0. The van der Waals surface area contributed by atoms with Gasteiger partial charge in [-0.25, -0.2) is 15.0 Å². The molecule has 23 heavy (non-hydrogen) atoms. The molecule has 0 aliphatic heterocycles. The third kappa shape index (κ3) is 3.39. The topological polar surface area (TPSA) is 89.7 Å². The van der Waals surface area contributed by atoms with Crippen LogP contribution in [0.3, 0.4) is 0 Å². The van der Waals surface area contributed by atoms with Crippen LogP contribution < -0.4 is 10.5 Å². The fraction of sp³-hybridized carbons (Fsp3) is 0.0714. The average Bonchev–Trinajstić information content (AvgIpc) is 3.00. The number of benzene rings is 1. The van der Waals surface area contributed by atoms with Crippen LogP contribution in [0, 0.1) is 0 Å². The fourth-order valence-corrected chi connectivity index (χ4v) is 1.78. The Morgan fingerprint density at radius 1 is 1.09 bits per heavy atom. The number of alkyl halides is 3. The maximum absolute atomic E-state index is 12.6. The highest BCUT2D eigenvalue weighted by Crippen LogP contribution is 2.29. The van der Waals surface area contributed by atoms with Crippen molar-refractivity contribution in [3.8, 4) is 23.1 Å². The van der Waals surface area contributed by atoms with Gasteiger partial charge in [0.05, 0.1) is 0 Å². The van der Waals surface area contributed by atoms with Crippen LogP contribution in [0.5, 0.6) is 11.6 Å². The molecule has 0 aliphatic carbocycles. The van der Waals surface area contributed by atoms with Gasteiger partial charge in [0, 0.05) is 18.0 Å². The molecule has 9 heteroatoms. The van der Waals surface area contributed by atoms with Crippen molar-refractivity contribution >= 4 is 5.69 Å². The van der Waals surface area contributed by atoms with Crippen molar-refractivity contribution in [2.24, 2.45) is 0 Å². The predicted octanol–water partition coefficient (Wildman–Crippen LogP) is 3.26. The number of aromatic amines is 1.